The number of rotatable bonds is 3. The van der Waals surface area contributed by atoms with E-state index < -0.39 is 5.51 Å². The van der Waals surface area contributed by atoms with Crippen molar-refractivity contribution in [3.63, 3.8) is 0 Å². The van der Waals surface area contributed by atoms with Gasteiger partial charge in [-0.1, -0.05) is 18.2 Å². The summed E-state index contributed by atoms with van der Waals surface area (Å²) in [6, 6.07) is 5.93. The molecule has 17 heavy (non-hydrogen) atoms. The van der Waals surface area contributed by atoms with E-state index in [1.54, 1.807) is 6.07 Å². The zero-order chi connectivity index (χ0) is 12.9. The fourth-order valence-electron chi connectivity index (χ4n) is 0.963. The van der Waals surface area contributed by atoms with E-state index in [1.807, 2.05) is 0 Å². The number of alkyl halides is 3. The topological polar surface area (TPSA) is 76.8 Å². The van der Waals surface area contributed by atoms with Gasteiger partial charge in [-0.2, -0.15) is 18.3 Å². The number of guanidine groups is 1. The number of halogens is 3. The Kier molecular flexibility index (Phi) is 4.38. The van der Waals surface area contributed by atoms with E-state index in [0.29, 0.717) is 5.56 Å². The van der Waals surface area contributed by atoms with Gasteiger partial charge >= 0.3 is 5.51 Å². The molecule has 0 radical (unpaired) electrons. The van der Waals surface area contributed by atoms with Crippen LogP contribution < -0.4 is 11.5 Å². The molecule has 0 saturated carbocycles. The number of nitrogens with two attached hydrogens (primary N) is 2. The van der Waals surface area contributed by atoms with Crippen LogP contribution in [-0.4, -0.2) is 17.7 Å². The summed E-state index contributed by atoms with van der Waals surface area (Å²) in [7, 11) is 0. The van der Waals surface area contributed by atoms with Gasteiger partial charge in [-0.05, 0) is 17.8 Å². The quantitative estimate of drug-likeness (QED) is 0.378. The first-order valence-corrected chi connectivity index (χ1v) is 5.17. The number of hydrogen-bond acceptors (Lipinski definition) is 3. The molecular weight excluding hydrogens is 253 g/mol. The monoisotopic (exact) mass is 262 g/mol. The first-order valence-electron chi connectivity index (χ1n) is 4.35. The van der Waals surface area contributed by atoms with Gasteiger partial charge in [0.05, 0.1) is 6.21 Å². The van der Waals surface area contributed by atoms with Crippen LogP contribution >= 0.6 is 11.8 Å². The molecule has 0 aromatic heterocycles. The van der Waals surface area contributed by atoms with E-state index in [-0.39, 0.29) is 22.6 Å². The Morgan fingerprint density at radius 3 is 2.47 bits per heavy atom. The molecule has 4 nitrogen and oxygen atoms in total. The largest absolute Gasteiger partial charge is 0.446 e. The van der Waals surface area contributed by atoms with Gasteiger partial charge in [-0.25, -0.2) is 0 Å². The Hall–Kier alpha value is -1.70. The van der Waals surface area contributed by atoms with Crippen molar-refractivity contribution in [3.8, 4) is 0 Å². The van der Waals surface area contributed by atoms with Crippen molar-refractivity contribution in [2.45, 2.75) is 10.4 Å². The van der Waals surface area contributed by atoms with Gasteiger partial charge in [-0.3, -0.25) is 0 Å². The summed E-state index contributed by atoms with van der Waals surface area (Å²) in [5.74, 6) is -0.262. The summed E-state index contributed by atoms with van der Waals surface area (Å²) in [4.78, 5) is 0.0366. The molecule has 0 heterocycles. The van der Waals surface area contributed by atoms with Crippen LogP contribution in [0.15, 0.2) is 39.4 Å². The molecule has 0 saturated heterocycles. The minimum Gasteiger partial charge on any atom is -0.369 e. The molecule has 0 aliphatic heterocycles. The molecule has 0 fully saturated rings. The number of hydrogen-bond donors (Lipinski definition) is 2. The predicted octanol–water partition coefficient (Wildman–Crippen LogP) is 1.91. The minimum absolute atomic E-state index is 0.0366. The molecule has 0 amide bonds. The molecule has 8 heteroatoms. The molecule has 1 rings (SSSR count). The van der Waals surface area contributed by atoms with Crippen LogP contribution in [0.1, 0.15) is 5.56 Å². The average molecular weight is 262 g/mol. The van der Waals surface area contributed by atoms with Crippen molar-refractivity contribution in [1.29, 1.82) is 0 Å². The van der Waals surface area contributed by atoms with Crippen molar-refractivity contribution < 1.29 is 13.2 Å². The zero-order valence-electron chi connectivity index (χ0n) is 8.48. The van der Waals surface area contributed by atoms with Crippen LogP contribution in [0.4, 0.5) is 13.2 Å². The summed E-state index contributed by atoms with van der Waals surface area (Å²) < 4.78 is 36.7. The molecule has 92 valence electrons. The van der Waals surface area contributed by atoms with Crippen molar-refractivity contribution in [2.24, 2.45) is 21.7 Å². The van der Waals surface area contributed by atoms with E-state index >= 15 is 0 Å². The fourth-order valence-corrected chi connectivity index (χ4v) is 1.60. The molecule has 0 spiro atoms. The summed E-state index contributed by atoms with van der Waals surface area (Å²) in [6.07, 6.45) is 1.16. The van der Waals surface area contributed by atoms with Crippen molar-refractivity contribution in [1.82, 2.24) is 0 Å². The van der Waals surface area contributed by atoms with Crippen LogP contribution in [0.2, 0.25) is 0 Å². The van der Waals surface area contributed by atoms with E-state index in [2.05, 4.69) is 10.2 Å². The van der Waals surface area contributed by atoms with Crippen LogP contribution in [0, 0.1) is 0 Å². The molecule has 0 bridgehead atoms. The standard InChI is InChI=1S/C9H9F3N4S/c10-9(11,12)17-7-4-2-1-3-6(7)5-15-16-8(13)14/h1-5H,(H4,13,14,16). The maximum absolute atomic E-state index is 12.2. The Labute approximate surface area is 99.6 Å². The third kappa shape index (κ3) is 5.25. The van der Waals surface area contributed by atoms with Gasteiger partial charge in [0.15, 0.2) is 0 Å². The average Bonchev–Trinajstić information content (AvgIpc) is 2.17. The van der Waals surface area contributed by atoms with Crippen molar-refractivity contribution in [2.75, 3.05) is 0 Å². The van der Waals surface area contributed by atoms with Gasteiger partial charge < -0.3 is 11.5 Å². The number of nitrogens with zero attached hydrogens (tertiary/aromatic N) is 2. The highest BCUT2D eigenvalue weighted by Crippen LogP contribution is 2.37. The summed E-state index contributed by atoms with van der Waals surface area (Å²) in [5, 5.41) is 6.77. The first kappa shape index (κ1) is 13.4. The maximum Gasteiger partial charge on any atom is 0.446 e. The predicted molar refractivity (Wildman–Crippen MR) is 61.8 cm³/mol. The van der Waals surface area contributed by atoms with Crippen LogP contribution in [0.25, 0.3) is 0 Å². The third-order valence-electron chi connectivity index (χ3n) is 1.51. The smallest absolute Gasteiger partial charge is 0.369 e. The molecule has 4 N–H and O–H groups in total. The lowest BCUT2D eigenvalue weighted by atomic mass is 10.2. The summed E-state index contributed by atoms with van der Waals surface area (Å²) in [5.41, 5.74) is 5.99. The van der Waals surface area contributed by atoms with Crippen LogP contribution in [0.5, 0.6) is 0 Å². The lowest BCUT2D eigenvalue weighted by molar-refractivity contribution is -0.0328. The lowest BCUT2D eigenvalue weighted by Gasteiger charge is -2.07. The van der Waals surface area contributed by atoms with Crippen molar-refractivity contribution in [3.05, 3.63) is 29.8 Å². The van der Waals surface area contributed by atoms with Crippen LogP contribution in [-0.2, 0) is 0 Å². The number of benzene rings is 1. The van der Waals surface area contributed by atoms with Gasteiger partial charge in [-0.15, -0.1) is 5.10 Å². The van der Waals surface area contributed by atoms with Crippen LogP contribution in [0.3, 0.4) is 0 Å². The maximum atomic E-state index is 12.2. The van der Waals surface area contributed by atoms with Gasteiger partial charge in [0.1, 0.15) is 0 Å². The van der Waals surface area contributed by atoms with Gasteiger partial charge in [0, 0.05) is 10.5 Å². The van der Waals surface area contributed by atoms with E-state index in [0.717, 1.165) is 6.21 Å². The van der Waals surface area contributed by atoms with Crippen molar-refractivity contribution >= 4 is 23.9 Å². The molecule has 1 aromatic carbocycles. The highest BCUT2D eigenvalue weighted by atomic mass is 32.2. The Bertz CT molecular complexity index is 438. The second-order valence-electron chi connectivity index (χ2n) is 2.86. The molecule has 1 aromatic rings. The third-order valence-corrected chi connectivity index (χ3v) is 2.34. The first-order chi connectivity index (χ1) is 7.88. The molecule has 0 unspecified atom stereocenters. The number of thioether (sulfide) groups is 1. The van der Waals surface area contributed by atoms with E-state index in [9.17, 15) is 13.2 Å². The van der Waals surface area contributed by atoms with Gasteiger partial charge in [0.25, 0.3) is 0 Å². The highest BCUT2D eigenvalue weighted by Gasteiger charge is 2.29. The molecular formula is C9H9F3N4S. The molecule has 0 atom stereocenters. The summed E-state index contributed by atoms with van der Waals surface area (Å²) >= 11 is -0.216. The second kappa shape index (κ2) is 5.58. The minimum atomic E-state index is -4.35. The highest BCUT2D eigenvalue weighted by molar-refractivity contribution is 8.00. The fraction of sp³-hybridized carbons (Fsp3) is 0.111. The van der Waals surface area contributed by atoms with E-state index in [1.165, 1.54) is 18.2 Å². The Morgan fingerprint density at radius 2 is 1.88 bits per heavy atom. The zero-order valence-corrected chi connectivity index (χ0v) is 9.29. The Morgan fingerprint density at radius 1 is 1.24 bits per heavy atom. The summed E-state index contributed by atoms with van der Waals surface area (Å²) in [6.45, 7) is 0. The lowest BCUT2D eigenvalue weighted by Crippen LogP contribution is -2.21. The molecule has 0 aliphatic carbocycles. The normalized spacial score (nSPS) is 11.7. The van der Waals surface area contributed by atoms with E-state index in [4.69, 9.17) is 11.5 Å². The second-order valence-corrected chi connectivity index (χ2v) is 3.96. The van der Waals surface area contributed by atoms with Gasteiger partial charge in [0.2, 0.25) is 5.96 Å². The SMILES string of the molecule is NC(N)=NN=Cc1ccccc1SC(F)(F)F. The Balaban J connectivity index is 2.92. The molecule has 0 aliphatic rings.